The molecular weight excluding hydrogens is 363 g/mol. The van der Waals surface area contributed by atoms with E-state index in [1.54, 1.807) is 28.8 Å². The Hall–Kier alpha value is -2.36. The Morgan fingerprint density at radius 2 is 2.04 bits per heavy atom. The fourth-order valence-electron chi connectivity index (χ4n) is 3.53. The number of likely N-dealkylation sites (tertiary alicyclic amines) is 1. The van der Waals surface area contributed by atoms with Crippen LogP contribution in [0.15, 0.2) is 24.7 Å². The molecule has 0 spiro atoms. The minimum absolute atomic E-state index is 0.0209. The zero-order valence-electron chi connectivity index (χ0n) is 15.3. The number of aliphatic hydroxyl groups is 1. The molecule has 0 aliphatic carbocycles. The normalized spacial score (nSPS) is 23.3. The van der Waals surface area contributed by atoms with Gasteiger partial charge in [0.2, 0.25) is 5.60 Å². The zero-order valence-corrected chi connectivity index (χ0v) is 15.3. The molecule has 1 aliphatic rings. The number of aryl methyl sites for hydroxylation is 1. The molecule has 0 radical (unpaired) electrons. The minimum Gasteiger partial charge on any atom is -0.373 e. The van der Waals surface area contributed by atoms with E-state index in [4.69, 9.17) is 0 Å². The summed E-state index contributed by atoms with van der Waals surface area (Å²) in [7, 11) is 1.80. The van der Waals surface area contributed by atoms with Crippen molar-refractivity contribution in [3.8, 4) is 5.69 Å². The molecule has 0 saturated carbocycles. The van der Waals surface area contributed by atoms with Crippen LogP contribution in [0.5, 0.6) is 0 Å². The Labute approximate surface area is 154 Å². The van der Waals surface area contributed by atoms with E-state index < -0.39 is 17.7 Å². The van der Waals surface area contributed by atoms with Crippen LogP contribution in [0.25, 0.3) is 5.69 Å². The smallest absolute Gasteiger partial charge is 0.373 e. The van der Waals surface area contributed by atoms with Crippen LogP contribution in [-0.4, -0.2) is 60.3 Å². The number of piperidine rings is 1. The van der Waals surface area contributed by atoms with Crippen LogP contribution in [0, 0.1) is 5.92 Å². The summed E-state index contributed by atoms with van der Waals surface area (Å²) in [4.78, 5) is 13.3. The fourth-order valence-corrected chi connectivity index (χ4v) is 3.53. The van der Waals surface area contributed by atoms with Crippen molar-refractivity contribution in [2.24, 2.45) is 13.0 Å². The molecule has 10 heteroatoms. The van der Waals surface area contributed by atoms with Gasteiger partial charge in [0.25, 0.3) is 5.91 Å². The van der Waals surface area contributed by atoms with Gasteiger partial charge in [0.1, 0.15) is 5.69 Å². The summed E-state index contributed by atoms with van der Waals surface area (Å²) in [5, 5.41) is 18.1. The maximum atomic E-state index is 13.0. The summed E-state index contributed by atoms with van der Waals surface area (Å²) >= 11 is 0. The number of halogens is 3. The van der Waals surface area contributed by atoms with Crippen molar-refractivity contribution in [2.45, 2.75) is 38.0 Å². The van der Waals surface area contributed by atoms with Gasteiger partial charge in [-0.3, -0.25) is 9.48 Å². The van der Waals surface area contributed by atoms with Gasteiger partial charge in [0.15, 0.2) is 0 Å². The van der Waals surface area contributed by atoms with Crippen LogP contribution in [0.2, 0.25) is 0 Å². The van der Waals surface area contributed by atoms with Gasteiger partial charge in [0.05, 0.1) is 12.4 Å². The average molecular weight is 385 g/mol. The largest absolute Gasteiger partial charge is 0.426 e. The molecule has 1 aliphatic heterocycles. The van der Waals surface area contributed by atoms with E-state index in [1.807, 2.05) is 19.2 Å². The van der Waals surface area contributed by atoms with Crippen molar-refractivity contribution in [3.05, 3.63) is 30.4 Å². The number of amides is 1. The second kappa shape index (κ2) is 6.66. The molecule has 148 valence electrons. The predicted octanol–water partition coefficient (Wildman–Crippen LogP) is 1.87. The van der Waals surface area contributed by atoms with Crippen LogP contribution in [0.1, 0.15) is 31.9 Å². The number of hydrogen-bond acceptors (Lipinski definition) is 4. The van der Waals surface area contributed by atoms with Crippen LogP contribution >= 0.6 is 0 Å². The highest BCUT2D eigenvalue weighted by atomic mass is 19.4. The van der Waals surface area contributed by atoms with Crippen LogP contribution < -0.4 is 0 Å². The number of carbonyl (C=O) groups excluding carboxylic acids is 1. The number of hydrogen-bond donors (Lipinski definition) is 1. The second-order valence-corrected chi connectivity index (χ2v) is 7.23. The lowest BCUT2D eigenvalue weighted by atomic mass is 9.83. The summed E-state index contributed by atoms with van der Waals surface area (Å²) in [6.07, 6.45) is 0.637. The molecule has 1 unspecified atom stereocenters. The van der Waals surface area contributed by atoms with Crippen LogP contribution in [0.3, 0.4) is 0 Å². The summed E-state index contributed by atoms with van der Waals surface area (Å²) in [5.41, 5.74) is -1.66. The second-order valence-electron chi connectivity index (χ2n) is 7.23. The first-order chi connectivity index (χ1) is 12.5. The van der Waals surface area contributed by atoms with E-state index in [1.165, 1.54) is 0 Å². The maximum Gasteiger partial charge on any atom is 0.426 e. The Balaban J connectivity index is 1.77. The predicted molar refractivity (Wildman–Crippen MR) is 90.1 cm³/mol. The Morgan fingerprint density at radius 3 is 2.59 bits per heavy atom. The molecule has 7 nitrogen and oxygen atoms in total. The maximum absolute atomic E-state index is 13.0. The van der Waals surface area contributed by atoms with E-state index in [0.717, 1.165) is 16.3 Å². The van der Waals surface area contributed by atoms with Crippen molar-refractivity contribution in [3.63, 3.8) is 0 Å². The summed E-state index contributed by atoms with van der Waals surface area (Å²) < 4.78 is 42.3. The average Bonchev–Trinajstić information content (AvgIpc) is 3.21. The van der Waals surface area contributed by atoms with Crippen molar-refractivity contribution in [1.82, 2.24) is 24.5 Å². The van der Waals surface area contributed by atoms with Gasteiger partial charge in [-0.15, -0.1) is 0 Å². The lowest BCUT2D eigenvalue weighted by Crippen LogP contribution is -2.58. The zero-order chi connectivity index (χ0) is 20.0. The highest BCUT2D eigenvalue weighted by Crippen LogP contribution is 2.37. The molecular formula is C17H22F3N5O2. The number of nitrogens with zero attached hydrogens (tertiary/aromatic N) is 5. The third kappa shape index (κ3) is 3.45. The molecule has 2 aromatic rings. The van der Waals surface area contributed by atoms with E-state index >= 15 is 0 Å². The molecule has 2 aromatic heterocycles. The van der Waals surface area contributed by atoms with Gasteiger partial charge < -0.3 is 10.0 Å². The third-order valence-electron chi connectivity index (χ3n) is 5.15. The Bertz CT molecular complexity index is 827. The van der Waals surface area contributed by atoms with Gasteiger partial charge in [-0.25, -0.2) is 4.68 Å². The minimum atomic E-state index is -5.01. The number of aromatic nitrogens is 4. The molecule has 3 rings (SSSR count). The number of rotatable bonds is 3. The van der Waals surface area contributed by atoms with Gasteiger partial charge in [0, 0.05) is 37.9 Å². The molecule has 27 heavy (non-hydrogen) atoms. The number of alkyl halides is 3. The number of carbonyl (C=O) groups is 1. The molecule has 3 heterocycles. The summed E-state index contributed by atoms with van der Waals surface area (Å²) in [6.45, 7) is 2.66. The van der Waals surface area contributed by atoms with E-state index in [2.05, 4.69) is 10.2 Å². The van der Waals surface area contributed by atoms with Crippen molar-refractivity contribution in [2.75, 3.05) is 13.1 Å². The Kier molecular flexibility index (Phi) is 4.79. The van der Waals surface area contributed by atoms with Crippen molar-refractivity contribution < 1.29 is 23.1 Å². The molecule has 1 fully saturated rings. The first-order valence-electron chi connectivity index (χ1n) is 8.63. The van der Waals surface area contributed by atoms with Gasteiger partial charge in [-0.1, -0.05) is 6.92 Å². The highest BCUT2D eigenvalue weighted by molar-refractivity contribution is 5.85. The van der Waals surface area contributed by atoms with E-state index in [0.29, 0.717) is 13.3 Å². The SMILES string of the molecule is C[C@@H]1CN(C(=O)[C@@](C)(O)C(F)(F)F)CCC1c1ccnn1-c1cnn(C)c1. The molecule has 1 amide bonds. The fraction of sp³-hybridized carbons (Fsp3) is 0.588. The van der Waals surface area contributed by atoms with Crippen LogP contribution in [-0.2, 0) is 11.8 Å². The van der Waals surface area contributed by atoms with Crippen molar-refractivity contribution in [1.29, 1.82) is 0 Å². The standard InChI is InChI=1S/C17H22F3N5O2/c1-11-9-24(15(26)16(2,27)17(18,19)20)7-5-13(11)14-4-6-21-25(14)12-8-22-23(3)10-12/h4,6,8,10-11,13,27H,5,7,9H2,1-3H3/t11-,13?,16-/m1/s1. The first-order valence-corrected chi connectivity index (χ1v) is 8.63. The van der Waals surface area contributed by atoms with Gasteiger partial charge >= 0.3 is 6.18 Å². The lowest BCUT2D eigenvalue weighted by molar-refractivity contribution is -0.250. The van der Waals surface area contributed by atoms with E-state index in [9.17, 15) is 23.1 Å². The quantitative estimate of drug-likeness (QED) is 0.875. The lowest BCUT2D eigenvalue weighted by Gasteiger charge is -2.40. The monoisotopic (exact) mass is 385 g/mol. The summed E-state index contributed by atoms with van der Waals surface area (Å²) in [5.74, 6) is -1.38. The summed E-state index contributed by atoms with van der Waals surface area (Å²) in [6, 6.07) is 1.87. The molecule has 1 saturated heterocycles. The van der Waals surface area contributed by atoms with Crippen LogP contribution in [0.4, 0.5) is 13.2 Å². The third-order valence-corrected chi connectivity index (χ3v) is 5.15. The molecule has 0 bridgehead atoms. The van der Waals surface area contributed by atoms with Gasteiger partial charge in [-0.05, 0) is 25.3 Å². The van der Waals surface area contributed by atoms with Gasteiger partial charge in [-0.2, -0.15) is 23.4 Å². The topological polar surface area (TPSA) is 76.2 Å². The van der Waals surface area contributed by atoms with E-state index in [-0.39, 0.29) is 24.9 Å². The molecule has 1 N–H and O–H groups in total. The highest BCUT2D eigenvalue weighted by Gasteiger charge is 2.57. The molecule has 0 aromatic carbocycles. The first kappa shape index (κ1) is 19.4. The Morgan fingerprint density at radius 1 is 1.33 bits per heavy atom. The molecule has 3 atom stereocenters. The van der Waals surface area contributed by atoms with Crippen molar-refractivity contribution >= 4 is 5.91 Å².